The molecule has 0 aliphatic heterocycles. The Morgan fingerprint density at radius 1 is 1.22 bits per heavy atom. The molecule has 0 unspecified atom stereocenters. The van der Waals surface area contributed by atoms with Crippen molar-refractivity contribution < 1.29 is 33.3 Å². The van der Waals surface area contributed by atoms with Crippen LogP contribution in [0.15, 0.2) is 39.9 Å². The first-order valence-corrected chi connectivity index (χ1v) is 6.26. The SMILES string of the molecule is COC(=O)CC(O)=C(N=Nc1c(F)cccc1OC)C(=O)OC. The van der Waals surface area contributed by atoms with Gasteiger partial charge in [-0.05, 0) is 12.1 Å². The van der Waals surface area contributed by atoms with E-state index in [9.17, 15) is 19.1 Å². The number of carbonyl (C=O) groups excluding carboxylic acids is 2. The number of halogens is 1. The lowest BCUT2D eigenvalue weighted by molar-refractivity contribution is -0.140. The predicted octanol–water partition coefficient (Wildman–Crippen LogP) is 2.42. The minimum absolute atomic E-state index is 0.0745. The van der Waals surface area contributed by atoms with E-state index in [2.05, 4.69) is 19.7 Å². The summed E-state index contributed by atoms with van der Waals surface area (Å²) in [5.41, 5.74) is -0.925. The van der Waals surface area contributed by atoms with E-state index in [0.717, 1.165) is 20.3 Å². The maximum Gasteiger partial charge on any atom is 0.362 e. The summed E-state index contributed by atoms with van der Waals surface area (Å²) in [7, 11) is 3.46. The van der Waals surface area contributed by atoms with Crippen LogP contribution >= 0.6 is 0 Å². The molecule has 0 spiro atoms. The van der Waals surface area contributed by atoms with Gasteiger partial charge in [-0.1, -0.05) is 6.07 Å². The van der Waals surface area contributed by atoms with Gasteiger partial charge in [0, 0.05) is 0 Å². The molecule has 0 bridgehead atoms. The number of aliphatic hydroxyl groups excluding tert-OH is 1. The van der Waals surface area contributed by atoms with E-state index < -0.39 is 35.6 Å². The molecule has 1 rings (SSSR count). The molecule has 0 heterocycles. The van der Waals surface area contributed by atoms with E-state index in [1.807, 2.05) is 0 Å². The van der Waals surface area contributed by atoms with Crippen LogP contribution in [0.1, 0.15) is 6.42 Å². The number of methoxy groups -OCH3 is 3. The highest BCUT2D eigenvalue weighted by Crippen LogP contribution is 2.31. The molecule has 124 valence electrons. The molecule has 1 N–H and O–H groups in total. The van der Waals surface area contributed by atoms with Crippen LogP contribution in [0.4, 0.5) is 10.1 Å². The summed E-state index contributed by atoms with van der Waals surface area (Å²) < 4.78 is 27.5. The van der Waals surface area contributed by atoms with E-state index in [-0.39, 0.29) is 11.4 Å². The Morgan fingerprint density at radius 3 is 2.48 bits per heavy atom. The highest BCUT2D eigenvalue weighted by atomic mass is 19.1. The highest BCUT2D eigenvalue weighted by Gasteiger charge is 2.19. The molecule has 0 fully saturated rings. The van der Waals surface area contributed by atoms with Gasteiger partial charge >= 0.3 is 11.9 Å². The lowest BCUT2D eigenvalue weighted by Gasteiger charge is -2.05. The zero-order valence-corrected chi connectivity index (χ0v) is 12.7. The summed E-state index contributed by atoms with van der Waals surface area (Å²) in [5.74, 6) is -3.24. The average Bonchev–Trinajstić information content (AvgIpc) is 2.55. The molecule has 0 saturated carbocycles. The second kappa shape index (κ2) is 8.47. The van der Waals surface area contributed by atoms with E-state index in [1.165, 1.54) is 19.2 Å². The molecule has 0 atom stereocenters. The smallest absolute Gasteiger partial charge is 0.362 e. The fraction of sp³-hybridized carbons (Fsp3) is 0.286. The molecule has 0 saturated heterocycles. The van der Waals surface area contributed by atoms with E-state index in [4.69, 9.17) is 4.74 Å². The zero-order chi connectivity index (χ0) is 17.4. The van der Waals surface area contributed by atoms with Gasteiger partial charge in [-0.15, -0.1) is 10.2 Å². The van der Waals surface area contributed by atoms with Crippen LogP contribution in [-0.4, -0.2) is 38.4 Å². The molecule has 0 aromatic heterocycles. The molecule has 9 heteroatoms. The van der Waals surface area contributed by atoms with Crippen molar-refractivity contribution in [2.45, 2.75) is 6.42 Å². The number of rotatable bonds is 6. The van der Waals surface area contributed by atoms with Gasteiger partial charge in [0.25, 0.3) is 0 Å². The van der Waals surface area contributed by atoms with Crippen molar-refractivity contribution in [2.75, 3.05) is 21.3 Å². The van der Waals surface area contributed by atoms with Gasteiger partial charge in [-0.3, -0.25) is 4.79 Å². The molecular formula is C14H15FN2O6. The van der Waals surface area contributed by atoms with Crippen molar-refractivity contribution in [1.82, 2.24) is 0 Å². The first-order valence-electron chi connectivity index (χ1n) is 6.26. The molecule has 1 aromatic carbocycles. The maximum atomic E-state index is 13.7. The lowest BCUT2D eigenvalue weighted by Crippen LogP contribution is -2.09. The standard InChI is InChI=1S/C14H15FN2O6/c1-21-10-6-4-5-8(15)12(10)16-17-13(14(20)23-3)9(18)7-11(19)22-2/h4-6,18H,7H2,1-3H3. The molecular weight excluding hydrogens is 311 g/mol. The number of aliphatic hydroxyl groups is 1. The monoisotopic (exact) mass is 326 g/mol. The van der Waals surface area contributed by atoms with Crippen molar-refractivity contribution in [2.24, 2.45) is 10.2 Å². The van der Waals surface area contributed by atoms with Crippen LogP contribution in [0.25, 0.3) is 0 Å². The lowest BCUT2D eigenvalue weighted by atomic mass is 10.3. The fourth-order valence-corrected chi connectivity index (χ4v) is 1.46. The Morgan fingerprint density at radius 2 is 1.91 bits per heavy atom. The van der Waals surface area contributed by atoms with Crippen LogP contribution in [0.3, 0.4) is 0 Å². The van der Waals surface area contributed by atoms with Crippen LogP contribution in [0.2, 0.25) is 0 Å². The zero-order valence-electron chi connectivity index (χ0n) is 12.7. The number of azo groups is 1. The number of carbonyl (C=O) groups is 2. The molecule has 8 nitrogen and oxygen atoms in total. The molecule has 0 aliphatic rings. The van der Waals surface area contributed by atoms with Crippen molar-refractivity contribution in [3.63, 3.8) is 0 Å². The number of nitrogens with zero attached hydrogens (tertiary/aromatic N) is 2. The second-order valence-electron chi connectivity index (χ2n) is 4.03. The summed E-state index contributed by atoms with van der Waals surface area (Å²) in [4.78, 5) is 22.8. The molecule has 0 aliphatic carbocycles. The largest absolute Gasteiger partial charge is 0.509 e. The molecule has 0 amide bonds. The van der Waals surface area contributed by atoms with Gasteiger partial charge in [0.2, 0.25) is 5.70 Å². The number of esters is 2. The first-order chi connectivity index (χ1) is 10.9. The first kappa shape index (κ1) is 18.1. The van der Waals surface area contributed by atoms with Crippen LogP contribution in [0.5, 0.6) is 5.75 Å². The van der Waals surface area contributed by atoms with Gasteiger partial charge in [0.1, 0.15) is 17.9 Å². The summed E-state index contributed by atoms with van der Waals surface area (Å²) in [6.07, 6.45) is -0.617. The number of hydrogen-bond acceptors (Lipinski definition) is 8. The van der Waals surface area contributed by atoms with E-state index in [0.29, 0.717) is 0 Å². The number of benzene rings is 1. The van der Waals surface area contributed by atoms with Gasteiger partial charge in [0.05, 0.1) is 21.3 Å². The van der Waals surface area contributed by atoms with Gasteiger partial charge in [0.15, 0.2) is 11.5 Å². The van der Waals surface area contributed by atoms with Crippen LogP contribution < -0.4 is 4.74 Å². The number of hydrogen-bond donors (Lipinski definition) is 1. The van der Waals surface area contributed by atoms with Gasteiger partial charge < -0.3 is 19.3 Å². The fourth-order valence-electron chi connectivity index (χ4n) is 1.46. The predicted molar refractivity (Wildman–Crippen MR) is 75.8 cm³/mol. The third kappa shape index (κ3) is 4.77. The van der Waals surface area contributed by atoms with Crippen molar-refractivity contribution >= 4 is 17.6 Å². The Kier molecular flexibility index (Phi) is 6.66. The Labute approximate surface area is 131 Å². The minimum atomic E-state index is -1.05. The van der Waals surface area contributed by atoms with Crippen molar-refractivity contribution in [3.05, 3.63) is 35.5 Å². The normalized spacial score (nSPS) is 11.8. The van der Waals surface area contributed by atoms with Gasteiger partial charge in [-0.2, -0.15) is 0 Å². The minimum Gasteiger partial charge on any atom is -0.509 e. The summed E-state index contributed by atoms with van der Waals surface area (Å²) >= 11 is 0. The van der Waals surface area contributed by atoms with Gasteiger partial charge in [-0.25, -0.2) is 9.18 Å². The van der Waals surface area contributed by atoms with Crippen LogP contribution in [0, 0.1) is 5.82 Å². The molecule has 0 radical (unpaired) electrons. The Balaban J connectivity index is 3.24. The van der Waals surface area contributed by atoms with Crippen molar-refractivity contribution in [3.8, 4) is 5.75 Å². The quantitative estimate of drug-likeness (QED) is 0.372. The van der Waals surface area contributed by atoms with E-state index in [1.54, 1.807) is 0 Å². The molecule has 23 heavy (non-hydrogen) atoms. The third-order valence-corrected chi connectivity index (χ3v) is 2.61. The van der Waals surface area contributed by atoms with Crippen molar-refractivity contribution in [1.29, 1.82) is 0 Å². The maximum absolute atomic E-state index is 13.7. The Bertz CT molecular complexity index is 657. The highest BCUT2D eigenvalue weighted by molar-refractivity contribution is 5.89. The average molecular weight is 326 g/mol. The van der Waals surface area contributed by atoms with Crippen LogP contribution in [-0.2, 0) is 19.1 Å². The summed E-state index contributed by atoms with van der Waals surface area (Å²) in [6.45, 7) is 0. The topological polar surface area (TPSA) is 107 Å². The number of ether oxygens (including phenoxy) is 3. The summed E-state index contributed by atoms with van der Waals surface area (Å²) in [6, 6.07) is 3.96. The Hall–Kier alpha value is -2.97. The molecule has 1 aromatic rings. The van der Waals surface area contributed by atoms with E-state index >= 15 is 0 Å². The second-order valence-corrected chi connectivity index (χ2v) is 4.03. The summed E-state index contributed by atoms with van der Waals surface area (Å²) in [5, 5.41) is 16.8. The third-order valence-electron chi connectivity index (χ3n) is 2.61.